The van der Waals surface area contributed by atoms with E-state index in [-0.39, 0.29) is 18.2 Å². The molecule has 29 heavy (non-hydrogen) atoms. The number of aromatic nitrogens is 1. The van der Waals surface area contributed by atoms with Crippen molar-refractivity contribution in [1.29, 1.82) is 5.26 Å². The van der Waals surface area contributed by atoms with E-state index in [0.717, 1.165) is 0 Å². The minimum absolute atomic E-state index is 0.0704. The molecule has 2 aliphatic heterocycles. The summed E-state index contributed by atoms with van der Waals surface area (Å²) in [5.74, 6) is 1.04. The molecule has 9 heteroatoms. The predicted molar refractivity (Wildman–Crippen MR) is 110 cm³/mol. The summed E-state index contributed by atoms with van der Waals surface area (Å²) in [6.07, 6.45) is 3.37. The minimum Gasteiger partial charge on any atom is -0.483 e. The number of anilines is 1. The van der Waals surface area contributed by atoms with Gasteiger partial charge < -0.3 is 24.2 Å². The van der Waals surface area contributed by atoms with Crippen LogP contribution in [0.3, 0.4) is 0 Å². The lowest BCUT2D eigenvalue weighted by Crippen LogP contribution is -2.60. The number of hydrogen-bond acceptors (Lipinski definition) is 7. The van der Waals surface area contributed by atoms with E-state index < -0.39 is 5.60 Å². The zero-order valence-electron chi connectivity index (χ0n) is 17.8. The summed E-state index contributed by atoms with van der Waals surface area (Å²) in [4.78, 5) is 26.8. The van der Waals surface area contributed by atoms with Gasteiger partial charge in [-0.05, 0) is 20.8 Å². The van der Waals surface area contributed by atoms with E-state index in [4.69, 9.17) is 9.47 Å². The van der Waals surface area contributed by atoms with Crippen LogP contribution in [-0.4, -0.2) is 79.2 Å². The molecule has 0 radical (unpaired) electrons. The minimum atomic E-state index is -0.539. The highest BCUT2D eigenvalue weighted by Gasteiger charge is 2.42. The Labute approximate surface area is 171 Å². The molecule has 156 valence electrons. The second kappa shape index (κ2) is 7.78. The van der Waals surface area contributed by atoms with Crippen LogP contribution in [0.2, 0.25) is 0 Å². The number of likely N-dealkylation sites (tertiary alicyclic amines) is 1. The standard InChI is InChI=1S/C20H28N6O3/c1-20(2,3)29-19(27)26-8-7-16-15(11-26)25(6)18-17(28-16)13(9-21)14(10-22-18)23-12-24(4)5/h10,12,15-16H,7-8,11H2,1-6H3/t15-,16+/m1/s1. The van der Waals surface area contributed by atoms with Crippen LogP contribution in [-0.2, 0) is 4.74 Å². The molecule has 0 aromatic carbocycles. The first-order valence-electron chi connectivity index (χ1n) is 9.62. The number of nitriles is 1. The van der Waals surface area contributed by atoms with Gasteiger partial charge in [-0.25, -0.2) is 14.8 Å². The summed E-state index contributed by atoms with van der Waals surface area (Å²) in [5.41, 5.74) is 0.299. The number of fused-ring (bicyclic) bond motifs is 2. The van der Waals surface area contributed by atoms with E-state index in [1.165, 1.54) is 0 Å². The lowest BCUT2D eigenvalue weighted by molar-refractivity contribution is 0.00593. The maximum Gasteiger partial charge on any atom is 0.410 e. The van der Waals surface area contributed by atoms with Crippen LogP contribution in [0.25, 0.3) is 0 Å². The Hall–Kier alpha value is -3.02. The van der Waals surface area contributed by atoms with Gasteiger partial charge in [-0.15, -0.1) is 0 Å². The molecular weight excluding hydrogens is 372 g/mol. The highest BCUT2D eigenvalue weighted by atomic mass is 16.6. The predicted octanol–water partition coefficient (Wildman–Crippen LogP) is 2.38. The van der Waals surface area contributed by atoms with Crippen LogP contribution < -0.4 is 9.64 Å². The molecule has 1 amide bonds. The molecule has 1 fully saturated rings. The molecule has 0 bridgehead atoms. The fourth-order valence-electron chi connectivity index (χ4n) is 3.44. The summed E-state index contributed by atoms with van der Waals surface area (Å²) >= 11 is 0. The molecule has 2 atom stereocenters. The highest BCUT2D eigenvalue weighted by molar-refractivity contribution is 5.74. The maximum atomic E-state index is 12.5. The van der Waals surface area contributed by atoms with Crippen LogP contribution in [0.1, 0.15) is 32.8 Å². The van der Waals surface area contributed by atoms with E-state index in [1.807, 2.05) is 46.8 Å². The van der Waals surface area contributed by atoms with Gasteiger partial charge in [0, 0.05) is 40.7 Å². The van der Waals surface area contributed by atoms with Crippen LogP contribution in [0.5, 0.6) is 5.75 Å². The third-order valence-corrected chi connectivity index (χ3v) is 4.81. The Morgan fingerprint density at radius 1 is 1.48 bits per heavy atom. The van der Waals surface area contributed by atoms with E-state index in [1.54, 1.807) is 22.3 Å². The Morgan fingerprint density at radius 2 is 2.21 bits per heavy atom. The second-order valence-corrected chi connectivity index (χ2v) is 8.54. The fraction of sp³-hybridized carbons (Fsp3) is 0.600. The second-order valence-electron chi connectivity index (χ2n) is 8.54. The maximum absolute atomic E-state index is 12.5. The molecule has 1 saturated heterocycles. The Bertz CT molecular complexity index is 855. The van der Waals surface area contributed by atoms with Crippen molar-refractivity contribution in [2.45, 2.75) is 44.9 Å². The van der Waals surface area contributed by atoms with Crippen molar-refractivity contribution in [2.75, 3.05) is 39.1 Å². The summed E-state index contributed by atoms with van der Waals surface area (Å²) in [6, 6.07) is 2.14. The molecule has 0 spiro atoms. The number of amides is 1. The lowest BCUT2D eigenvalue weighted by Gasteiger charge is -2.46. The molecule has 3 heterocycles. The Balaban J connectivity index is 1.86. The van der Waals surface area contributed by atoms with Gasteiger partial charge in [0.15, 0.2) is 11.6 Å². The molecule has 1 aromatic rings. The van der Waals surface area contributed by atoms with Gasteiger partial charge in [-0.1, -0.05) is 0 Å². The third-order valence-electron chi connectivity index (χ3n) is 4.81. The van der Waals surface area contributed by atoms with Gasteiger partial charge in [0.1, 0.15) is 29.0 Å². The van der Waals surface area contributed by atoms with Gasteiger partial charge in [0.2, 0.25) is 0 Å². The Morgan fingerprint density at radius 3 is 2.83 bits per heavy atom. The number of hydrogen-bond donors (Lipinski definition) is 0. The van der Waals surface area contributed by atoms with Crippen molar-refractivity contribution >= 4 is 23.9 Å². The molecule has 0 unspecified atom stereocenters. The summed E-state index contributed by atoms with van der Waals surface area (Å²) < 4.78 is 11.7. The van der Waals surface area contributed by atoms with Crippen molar-refractivity contribution < 1.29 is 14.3 Å². The van der Waals surface area contributed by atoms with Gasteiger partial charge in [0.05, 0.1) is 18.6 Å². The zero-order chi connectivity index (χ0) is 21.3. The SMILES string of the molecule is CN(C)C=Nc1cnc2c(c1C#N)O[C@H]1CCN(C(=O)OC(C)(C)C)C[C@H]1N2C. The average Bonchev–Trinajstić information content (AvgIpc) is 2.64. The number of piperidine rings is 1. The number of carbonyl (C=O) groups is 1. The third kappa shape index (κ3) is 4.36. The highest BCUT2D eigenvalue weighted by Crippen LogP contribution is 2.41. The molecular formula is C20H28N6O3. The molecule has 1 aromatic heterocycles. The topological polar surface area (TPSA) is 94.3 Å². The number of likely N-dealkylation sites (N-methyl/N-ethyl adjacent to an activating group) is 1. The van der Waals surface area contributed by atoms with E-state index in [2.05, 4.69) is 16.0 Å². The number of pyridine rings is 1. The van der Waals surface area contributed by atoms with Crippen molar-refractivity contribution in [3.05, 3.63) is 11.8 Å². The molecule has 0 N–H and O–H groups in total. The fourth-order valence-corrected chi connectivity index (χ4v) is 3.44. The van der Waals surface area contributed by atoms with Crippen LogP contribution in [0.15, 0.2) is 11.2 Å². The van der Waals surface area contributed by atoms with Crippen molar-refractivity contribution in [3.8, 4) is 11.8 Å². The first kappa shape index (κ1) is 20.7. The quantitative estimate of drug-likeness (QED) is 0.556. The Kier molecular flexibility index (Phi) is 5.55. The largest absolute Gasteiger partial charge is 0.483 e. The van der Waals surface area contributed by atoms with Gasteiger partial charge >= 0.3 is 6.09 Å². The van der Waals surface area contributed by atoms with Gasteiger partial charge in [-0.3, -0.25) is 0 Å². The van der Waals surface area contributed by atoms with E-state index >= 15 is 0 Å². The van der Waals surface area contributed by atoms with Crippen molar-refractivity contribution in [1.82, 2.24) is 14.8 Å². The summed E-state index contributed by atoms with van der Waals surface area (Å²) in [7, 11) is 5.62. The van der Waals surface area contributed by atoms with Crippen LogP contribution in [0.4, 0.5) is 16.3 Å². The molecule has 3 rings (SSSR count). The van der Waals surface area contributed by atoms with Crippen molar-refractivity contribution in [3.63, 3.8) is 0 Å². The molecule has 2 aliphatic rings. The number of carbonyl (C=O) groups excluding carboxylic acids is 1. The number of aliphatic imine (C=N–C) groups is 1. The zero-order valence-corrected chi connectivity index (χ0v) is 17.8. The molecule has 0 aliphatic carbocycles. The molecule has 0 saturated carbocycles. The van der Waals surface area contributed by atoms with Gasteiger partial charge in [-0.2, -0.15) is 5.26 Å². The van der Waals surface area contributed by atoms with Crippen molar-refractivity contribution in [2.24, 2.45) is 4.99 Å². The summed E-state index contributed by atoms with van der Waals surface area (Å²) in [6.45, 7) is 6.57. The summed E-state index contributed by atoms with van der Waals surface area (Å²) in [5, 5.41) is 9.71. The lowest BCUT2D eigenvalue weighted by atomic mass is 9.98. The van der Waals surface area contributed by atoms with E-state index in [0.29, 0.717) is 42.3 Å². The number of ether oxygens (including phenoxy) is 2. The van der Waals surface area contributed by atoms with Crippen LogP contribution in [0, 0.1) is 11.3 Å². The number of nitrogens with zero attached hydrogens (tertiary/aromatic N) is 6. The first-order chi connectivity index (χ1) is 13.6. The average molecular weight is 400 g/mol. The number of rotatable bonds is 2. The monoisotopic (exact) mass is 400 g/mol. The van der Waals surface area contributed by atoms with Crippen LogP contribution >= 0.6 is 0 Å². The normalized spacial score (nSPS) is 21.1. The smallest absolute Gasteiger partial charge is 0.410 e. The molecule has 9 nitrogen and oxygen atoms in total. The first-order valence-corrected chi connectivity index (χ1v) is 9.62. The van der Waals surface area contributed by atoms with E-state index in [9.17, 15) is 10.1 Å². The van der Waals surface area contributed by atoms with Gasteiger partial charge in [0.25, 0.3) is 0 Å².